The predicted octanol–water partition coefficient (Wildman–Crippen LogP) is 2.49. The summed E-state index contributed by atoms with van der Waals surface area (Å²) in [5.41, 5.74) is 1.12. The molecule has 0 aromatic heterocycles. The molecule has 5 heteroatoms. The molecule has 2 rings (SSSR count). The molecule has 3 nitrogen and oxygen atoms in total. The number of carbonyl (C=O) groups excluding carboxylic acids is 1. The van der Waals surface area contributed by atoms with Gasteiger partial charge in [0.2, 0.25) is 5.91 Å². The molecule has 0 saturated carbocycles. The second-order valence-electron chi connectivity index (χ2n) is 4.58. The number of hydrogen-bond acceptors (Lipinski definition) is 2. The quantitative estimate of drug-likeness (QED) is 0.888. The zero-order chi connectivity index (χ0) is 12.3. The fraction of sp³-hybridized carbons (Fsp3) is 0.462. The van der Waals surface area contributed by atoms with Crippen molar-refractivity contribution in [3.05, 3.63) is 29.6 Å². The zero-order valence-electron chi connectivity index (χ0n) is 10.3. The highest BCUT2D eigenvalue weighted by molar-refractivity contribution is 5.90. The Bertz CT molecular complexity index is 419. The van der Waals surface area contributed by atoms with Gasteiger partial charge in [-0.2, -0.15) is 0 Å². The summed E-state index contributed by atoms with van der Waals surface area (Å²) in [6.07, 6.45) is 1.54. The van der Waals surface area contributed by atoms with Gasteiger partial charge in [0.15, 0.2) is 0 Å². The van der Waals surface area contributed by atoms with Crippen molar-refractivity contribution >= 4 is 24.0 Å². The summed E-state index contributed by atoms with van der Waals surface area (Å²) in [6.45, 7) is 3.58. The number of anilines is 1. The SMILES string of the molecule is Cc1ccc(NC(=O)CC2CCNC2)cc1F.Cl. The molecule has 1 saturated heterocycles. The van der Waals surface area contributed by atoms with Crippen molar-refractivity contribution in [1.82, 2.24) is 5.32 Å². The van der Waals surface area contributed by atoms with Gasteiger partial charge in [-0.25, -0.2) is 4.39 Å². The fourth-order valence-corrected chi connectivity index (χ4v) is 2.03. The number of rotatable bonds is 3. The third-order valence-corrected chi connectivity index (χ3v) is 3.09. The van der Waals surface area contributed by atoms with Crippen molar-refractivity contribution in [3.63, 3.8) is 0 Å². The van der Waals surface area contributed by atoms with Crippen LogP contribution in [-0.2, 0) is 4.79 Å². The van der Waals surface area contributed by atoms with E-state index in [1.807, 2.05) is 0 Å². The van der Waals surface area contributed by atoms with E-state index >= 15 is 0 Å². The van der Waals surface area contributed by atoms with Crippen LogP contribution in [0.3, 0.4) is 0 Å². The summed E-state index contributed by atoms with van der Waals surface area (Å²) < 4.78 is 13.3. The Balaban J connectivity index is 0.00000162. The number of benzene rings is 1. The van der Waals surface area contributed by atoms with Gasteiger partial charge in [0.25, 0.3) is 0 Å². The Labute approximate surface area is 113 Å². The first kappa shape index (κ1) is 14.9. The number of aryl methyl sites for hydroxylation is 1. The van der Waals surface area contributed by atoms with E-state index in [0.29, 0.717) is 23.6 Å². The average Bonchev–Trinajstić information content (AvgIpc) is 2.76. The first-order valence-corrected chi connectivity index (χ1v) is 5.92. The lowest BCUT2D eigenvalue weighted by Gasteiger charge is -2.09. The summed E-state index contributed by atoms with van der Waals surface area (Å²) in [4.78, 5) is 11.7. The van der Waals surface area contributed by atoms with Gasteiger partial charge in [0, 0.05) is 12.1 Å². The smallest absolute Gasteiger partial charge is 0.224 e. The van der Waals surface area contributed by atoms with Crippen LogP contribution >= 0.6 is 12.4 Å². The Morgan fingerprint density at radius 1 is 1.56 bits per heavy atom. The van der Waals surface area contributed by atoms with Crippen LogP contribution in [0.5, 0.6) is 0 Å². The molecule has 1 aliphatic rings. The summed E-state index contributed by atoms with van der Waals surface area (Å²) in [7, 11) is 0. The minimum absolute atomic E-state index is 0. The molecule has 1 unspecified atom stereocenters. The Kier molecular flexibility index (Phi) is 5.56. The van der Waals surface area contributed by atoms with Gasteiger partial charge >= 0.3 is 0 Å². The van der Waals surface area contributed by atoms with Gasteiger partial charge in [0.1, 0.15) is 5.82 Å². The molecular formula is C13H18ClFN2O. The highest BCUT2D eigenvalue weighted by atomic mass is 35.5. The van der Waals surface area contributed by atoms with Crippen molar-refractivity contribution < 1.29 is 9.18 Å². The van der Waals surface area contributed by atoms with E-state index < -0.39 is 0 Å². The summed E-state index contributed by atoms with van der Waals surface area (Å²) in [6, 6.07) is 4.76. The maximum Gasteiger partial charge on any atom is 0.224 e. The first-order chi connectivity index (χ1) is 8.15. The van der Waals surface area contributed by atoms with Crippen LogP contribution in [0.1, 0.15) is 18.4 Å². The number of nitrogens with one attached hydrogen (secondary N) is 2. The van der Waals surface area contributed by atoms with E-state index in [1.165, 1.54) is 6.07 Å². The summed E-state index contributed by atoms with van der Waals surface area (Å²) in [5.74, 6) is 0.0811. The Morgan fingerprint density at radius 2 is 2.33 bits per heavy atom. The normalized spacial score (nSPS) is 18.2. The van der Waals surface area contributed by atoms with Gasteiger partial charge in [-0.3, -0.25) is 4.79 Å². The van der Waals surface area contributed by atoms with Crippen LogP contribution in [-0.4, -0.2) is 19.0 Å². The monoisotopic (exact) mass is 272 g/mol. The summed E-state index contributed by atoms with van der Waals surface area (Å²) >= 11 is 0. The Hall–Kier alpha value is -1.13. The third kappa shape index (κ3) is 3.96. The van der Waals surface area contributed by atoms with Crippen molar-refractivity contribution in [1.29, 1.82) is 0 Å². The molecule has 1 amide bonds. The lowest BCUT2D eigenvalue weighted by atomic mass is 10.0. The number of amides is 1. The molecule has 0 radical (unpaired) electrons. The molecule has 18 heavy (non-hydrogen) atoms. The van der Waals surface area contributed by atoms with Crippen molar-refractivity contribution in [2.24, 2.45) is 5.92 Å². The summed E-state index contributed by atoms with van der Waals surface area (Å²) in [5, 5.41) is 5.95. The molecule has 0 spiro atoms. The van der Waals surface area contributed by atoms with Gasteiger partial charge < -0.3 is 10.6 Å². The second-order valence-corrected chi connectivity index (χ2v) is 4.58. The molecule has 0 bridgehead atoms. The molecule has 1 aromatic rings. The molecule has 2 N–H and O–H groups in total. The molecule has 1 heterocycles. The van der Waals surface area contributed by atoms with Gasteiger partial charge in [0.05, 0.1) is 0 Å². The van der Waals surface area contributed by atoms with Crippen LogP contribution in [0, 0.1) is 18.7 Å². The molecule has 1 aliphatic heterocycles. The van der Waals surface area contributed by atoms with E-state index in [1.54, 1.807) is 19.1 Å². The average molecular weight is 273 g/mol. The maximum absolute atomic E-state index is 13.3. The lowest BCUT2D eigenvalue weighted by Crippen LogP contribution is -2.18. The van der Waals surface area contributed by atoms with E-state index in [0.717, 1.165) is 19.5 Å². The first-order valence-electron chi connectivity index (χ1n) is 5.92. The third-order valence-electron chi connectivity index (χ3n) is 3.09. The molecular weight excluding hydrogens is 255 g/mol. The number of hydrogen-bond donors (Lipinski definition) is 2. The van der Waals surface area contributed by atoms with Crippen LogP contribution in [0.15, 0.2) is 18.2 Å². The van der Waals surface area contributed by atoms with Gasteiger partial charge in [-0.15, -0.1) is 12.4 Å². The van der Waals surface area contributed by atoms with Crippen molar-refractivity contribution in [3.8, 4) is 0 Å². The van der Waals surface area contributed by atoms with Gasteiger partial charge in [-0.05, 0) is 50.0 Å². The number of halogens is 2. The minimum Gasteiger partial charge on any atom is -0.326 e. The van der Waals surface area contributed by atoms with Crippen molar-refractivity contribution in [2.45, 2.75) is 19.8 Å². The molecule has 1 atom stereocenters. The fourth-order valence-electron chi connectivity index (χ4n) is 2.03. The zero-order valence-corrected chi connectivity index (χ0v) is 11.1. The largest absolute Gasteiger partial charge is 0.326 e. The van der Waals surface area contributed by atoms with Crippen molar-refractivity contribution in [2.75, 3.05) is 18.4 Å². The number of carbonyl (C=O) groups is 1. The van der Waals surface area contributed by atoms with E-state index in [4.69, 9.17) is 0 Å². The van der Waals surface area contributed by atoms with Crippen LogP contribution in [0.25, 0.3) is 0 Å². The lowest BCUT2D eigenvalue weighted by molar-refractivity contribution is -0.116. The maximum atomic E-state index is 13.3. The van der Waals surface area contributed by atoms with Crippen LogP contribution in [0.2, 0.25) is 0 Å². The molecule has 1 aromatic carbocycles. The van der Waals surface area contributed by atoms with Crippen LogP contribution in [0.4, 0.5) is 10.1 Å². The highest BCUT2D eigenvalue weighted by Crippen LogP contribution is 2.16. The van der Waals surface area contributed by atoms with E-state index in [-0.39, 0.29) is 24.1 Å². The van der Waals surface area contributed by atoms with E-state index in [2.05, 4.69) is 10.6 Å². The Morgan fingerprint density at radius 3 is 2.94 bits per heavy atom. The molecule has 100 valence electrons. The predicted molar refractivity (Wildman–Crippen MR) is 72.6 cm³/mol. The van der Waals surface area contributed by atoms with Gasteiger partial charge in [-0.1, -0.05) is 6.07 Å². The highest BCUT2D eigenvalue weighted by Gasteiger charge is 2.18. The van der Waals surface area contributed by atoms with E-state index in [9.17, 15) is 9.18 Å². The molecule has 0 aliphatic carbocycles. The van der Waals surface area contributed by atoms with Crippen LogP contribution < -0.4 is 10.6 Å². The standard InChI is InChI=1S/C13H17FN2O.ClH/c1-9-2-3-11(7-12(9)14)16-13(17)6-10-4-5-15-8-10;/h2-3,7,10,15H,4-6,8H2,1H3,(H,16,17);1H. The molecule has 1 fully saturated rings. The topological polar surface area (TPSA) is 41.1 Å². The minimum atomic E-state index is -0.287. The second kappa shape index (κ2) is 6.71.